The first-order chi connectivity index (χ1) is 14.2. The molecule has 1 saturated heterocycles. The van der Waals surface area contributed by atoms with Crippen LogP contribution in [0.4, 0.5) is 0 Å². The Morgan fingerprint density at radius 2 is 2.14 bits per heavy atom. The van der Waals surface area contributed by atoms with Gasteiger partial charge in [-0.15, -0.1) is 0 Å². The summed E-state index contributed by atoms with van der Waals surface area (Å²) in [4.78, 5) is 24.4. The van der Waals surface area contributed by atoms with Gasteiger partial charge < -0.3 is 10.2 Å². The molecule has 1 fully saturated rings. The lowest BCUT2D eigenvalue weighted by atomic mass is 10.0. The van der Waals surface area contributed by atoms with E-state index in [2.05, 4.69) is 22.1 Å². The lowest BCUT2D eigenvalue weighted by Crippen LogP contribution is -2.36. The van der Waals surface area contributed by atoms with Gasteiger partial charge in [-0.2, -0.15) is 0 Å². The predicted molar refractivity (Wildman–Crippen MR) is 117 cm³/mol. The number of piperidine rings is 1. The molecule has 1 N–H and O–H groups in total. The lowest BCUT2D eigenvalue weighted by Gasteiger charge is -2.30. The van der Waals surface area contributed by atoms with Gasteiger partial charge in [-0.3, -0.25) is 9.78 Å². The maximum atomic E-state index is 13.0. The first-order valence-electron chi connectivity index (χ1n) is 10.5. The van der Waals surface area contributed by atoms with E-state index >= 15 is 0 Å². The highest BCUT2D eigenvalue weighted by molar-refractivity contribution is 6.07. The monoisotopic (exact) mass is 388 g/mol. The van der Waals surface area contributed by atoms with Crippen LogP contribution in [-0.4, -0.2) is 47.0 Å². The molecule has 5 heteroatoms. The number of nitrogens with one attached hydrogen (secondary N) is 1. The summed E-state index contributed by atoms with van der Waals surface area (Å²) in [6, 6.07) is 13.5. The van der Waals surface area contributed by atoms with E-state index < -0.39 is 0 Å². The molecule has 1 amide bonds. The number of rotatable bonds is 6. The van der Waals surface area contributed by atoms with Crippen LogP contribution in [0.25, 0.3) is 22.2 Å². The Balaban J connectivity index is 1.46. The second kappa shape index (κ2) is 9.14. The number of carbonyl (C=O) groups excluding carboxylic acids is 1. The number of aromatic nitrogens is 2. The number of para-hydroxylation sites is 1. The minimum atomic E-state index is -0.0410. The number of hydrogen-bond donors (Lipinski definition) is 1. The Bertz CT molecular complexity index is 973. The summed E-state index contributed by atoms with van der Waals surface area (Å²) in [7, 11) is 0. The van der Waals surface area contributed by atoms with Gasteiger partial charge in [0.25, 0.3) is 5.91 Å². The Morgan fingerprint density at radius 3 is 2.97 bits per heavy atom. The molecule has 0 radical (unpaired) electrons. The van der Waals surface area contributed by atoms with Gasteiger partial charge in [0.1, 0.15) is 0 Å². The highest BCUT2D eigenvalue weighted by Crippen LogP contribution is 2.24. The van der Waals surface area contributed by atoms with E-state index in [-0.39, 0.29) is 5.91 Å². The van der Waals surface area contributed by atoms with Gasteiger partial charge in [0.05, 0.1) is 16.8 Å². The van der Waals surface area contributed by atoms with Gasteiger partial charge in [-0.1, -0.05) is 25.1 Å². The van der Waals surface area contributed by atoms with E-state index in [1.807, 2.05) is 42.5 Å². The third-order valence-corrected chi connectivity index (χ3v) is 5.60. The van der Waals surface area contributed by atoms with E-state index in [4.69, 9.17) is 4.98 Å². The molecule has 0 bridgehead atoms. The molecule has 0 saturated carbocycles. The van der Waals surface area contributed by atoms with E-state index in [0.29, 0.717) is 12.1 Å². The van der Waals surface area contributed by atoms with E-state index in [1.54, 1.807) is 12.4 Å². The predicted octanol–water partition coefficient (Wildman–Crippen LogP) is 4.15. The summed E-state index contributed by atoms with van der Waals surface area (Å²) in [5, 5.41) is 3.99. The number of benzene rings is 1. The molecule has 0 unspecified atom stereocenters. The summed E-state index contributed by atoms with van der Waals surface area (Å²) in [5.74, 6) is 0.744. The van der Waals surface area contributed by atoms with Crippen LogP contribution in [0.5, 0.6) is 0 Å². The van der Waals surface area contributed by atoms with Crippen molar-refractivity contribution < 1.29 is 4.79 Å². The highest BCUT2D eigenvalue weighted by Gasteiger charge is 2.16. The number of hydrogen-bond acceptors (Lipinski definition) is 4. The molecule has 0 spiro atoms. The van der Waals surface area contributed by atoms with Crippen molar-refractivity contribution in [3.63, 3.8) is 0 Å². The highest BCUT2D eigenvalue weighted by atomic mass is 16.1. The Morgan fingerprint density at radius 1 is 1.24 bits per heavy atom. The first-order valence-corrected chi connectivity index (χ1v) is 10.5. The second-order valence-corrected chi connectivity index (χ2v) is 7.97. The van der Waals surface area contributed by atoms with Crippen LogP contribution in [0, 0.1) is 5.92 Å². The van der Waals surface area contributed by atoms with E-state index in [0.717, 1.165) is 41.0 Å². The number of fused-ring (bicyclic) bond motifs is 1. The fourth-order valence-corrected chi connectivity index (χ4v) is 4.12. The average molecular weight is 389 g/mol. The molecule has 2 aromatic heterocycles. The van der Waals surface area contributed by atoms with E-state index in [9.17, 15) is 4.79 Å². The van der Waals surface area contributed by atoms with E-state index in [1.165, 1.54) is 25.9 Å². The zero-order valence-corrected chi connectivity index (χ0v) is 17.0. The van der Waals surface area contributed by atoms with Crippen molar-refractivity contribution in [1.82, 2.24) is 20.2 Å². The minimum Gasteiger partial charge on any atom is -0.352 e. The molecule has 1 atom stereocenters. The number of carbonyl (C=O) groups is 1. The maximum Gasteiger partial charge on any atom is 0.252 e. The van der Waals surface area contributed by atoms with Crippen LogP contribution in [0.1, 0.15) is 36.5 Å². The summed E-state index contributed by atoms with van der Waals surface area (Å²) in [6.45, 7) is 6.41. The Kier molecular flexibility index (Phi) is 6.15. The second-order valence-electron chi connectivity index (χ2n) is 7.97. The van der Waals surface area contributed by atoms with Crippen LogP contribution >= 0.6 is 0 Å². The van der Waals surface area contributed by atoms with Crippen molar-refractivity contribution in [2.45, 2.75) is 26.2 Å². The van der Waals surface area contributed by atoms with Gasteiger partial charge in [0.2, 0.25) is 0 Å². The molecule has 29 heavy (non-hydrogen) atoms. The maximum absolute atomic E-state index is 13.0. The zero-order chi connectivity index (χ0) is 20.1. The van der Waals surface area contributed by atoms with Gasteiger partial charge in [-0.05, 0) is 62.5 Å². The van der Waals surface area contributed by atoms with Crippen molar-refractivity contribution in [3.05, 3.63) is 60.4 Å². The van der Waals surface area contributed by atoms with Crippen molar-refractivity contribution in [3.8, 4) is 11.3 Å². The molecule has 4 rings (SSSR count). The summed E-state index contributed by atoms with van der Waals surface area (Å²) < 4.78 is 0. The molecule has 5 nitrogen and oxygen atoms in total. The SMILES string of the molecule is C[C@H]1CCCN(CCCNC(=O)c2cc(-c3cccnc3)nc3ccccc23)C1. The molecule has 0 aliphatic carbocycles. The molecular formula is C24H28N4O. The largest absolute Gasteiger partial charge is 0.352 e. The molecule has 1 aliphatic rings. The molecular weight excluding hydrogens is 360 g/mol. The standard InChI is InChI=1S/C24H28N4O/c1-18-7-5-13-28(17-18)14-6-12-26-24(29)21-15-23(19-8-4-11-25-16-19)27-22-10-3-2-9-20(21)22/h2-4,8-11,15-16,18H,5-7,12-14,17H2,1H3,(H,26,29)/t18-/m0/s1. The van der Waals surface area contributed by atoms with Crippen LogP contribution in [0.2, 0.25) is 0 Å². The van der Waals surface area contributed by atoms with Crippen molar-refractivity contribution >= 4 is 16.8 Å². The number of amides is 1. The Hall–Kier alpha value is -2.79. The smallest absolute Gasteiger partial charge is 0.252 e. The third kappa shape index (κ3) is 4.80. The van der Waals surface area contributed by atoms with Crippen LogP contribution in [0.15, 0.2) is 54.9 Å². The van der Waals surface area contributed by atoms with Crippen molar-refractivity contribution in [2.24, 2.45) is 5.92 Å². The van der Waals surface area contributed by atoms with Gasteiger partial charge in [-0.25, -0.2) is 4.98 Å². The van der Waals surface area contributed by atoms with Crippen molar-refractivity contribution in [1.29, 1.82) is 0 Å². The quantitative estimate of drug-likeness (QED) is 0.645. The van der Waals surface area contributed by atoms with Crippen molar-refractivity contribution in [2.75, 3.05) is 26.2 Å². The number of nitrogens with zero attached hydrogens (tertiary/aromatic N) is 3. The third-order valence-electron chi connectivity index (χ3n) is 5.60. The zero-order valence-electron chi connectivity index (χ0n) is 17.0. The molecule has 3 heterocycles. The summed E-state index contributed by atoms with van der Waals surface area (Å²) >= 11 is 0. The van der Waals surface area contributed by atoms with Crippen LogP contribution in [-0.2, 0) is 0 Å². The number of pyridine rings is 2. The molecule has 150 valence electrons. The van der Waals surface area contributed by atoms with Crippen LogP contribution in [0.3, 0.4) is 0 Å². The summed E-state index contributed by atoms with van der Waals surface area (Å²) in [5.41, 5.74) is 3.16. The fraction of sp³-hybridized carbons (Fsp3) is 0.375. The molecule has 1 aromatic carbocycles. The lowest BCUT2D eigenvalue weighted by molar-refractivity contribution is 0.0951. The Labute approximate surface area is 172 Å². The van der Waals surface area contributed by atoms with Crippen LogP contribution < -0.4 is 5.32 Å². The normalized spacial score (nSPS) is 17.3. The topological polar surface area (TPSA) is 58.1 Å². The minimum absolute atomic E-state index is 0.0410. The number of likely N-dealkylation sites (tertiary alicyclic amines) is 1. The summed E-state index contributed by atoms with van der Waals surface area (Å²) in [6.07, 6.45) is 7.10. The fourth-order valence-electron chi connectivity index (χ4n) is 4.12. The van der Waals surface area contributed by atoms with Gasteiger partial charge in [0, 0.05) is 36.4 Å². The molecule has 3 aromatic rings. The first kappa shape index (κ1) is 19.5. The van der Waals surface area contributed by atoms with Gasteiger partial charge in [0.15, 0.2) is 0 Å². The average Bonchev–Trinajstić information content (AvgIpc) is 2.76. The molecule has 1 aliphatic heterocycles. The van der Waals surface area contributed by atoms with Gasteiger partial charge >= 0.3 is 0 Å².